The van der Waals surface area contributed by atoms with Crippen molar-refractivity contribution in [1.29, 1.82) is 0 Å². The number of Topliss-reactive ketones (excluding diaryl/α,β-unsaturated/α-hetero) is 2. The van der Waals surface area contributed by atoms with Gasteiger partial charge >= 0.3 is 0 Å². The third-order valence-corrected chi connectivity index (χ3v) is 3.45. The molecule has 0 amide bonds. The van der Waals surface area contributed by atoms with Gasteiger partial charge in [0.05, 0.1) is 17.8 Å². The molecule has 0 atom stereocenters. The van der Waals surface area contributed by atoms with Gasteiger partial charge in [0.25, 0.3) is 0 Å². The van der Waals surface area contributed by atoms with Gasteiger partial charge in [0, 0.05) is 18.2 Å². The van der Waals surface area contributed by atoms with E-state index in [1.54, 1.807) is 12.1 Å². The lowest BCUT2D eigenvalue weighted by Gasteiger charge is -2.26. The Morgan fingerprint density at radius 2 is 1.21 bits per heavy atom. The van der Waals surface area contributed by atoms with Gasteiger partial charge in [-0.25, -0.2) is 0 Å². The monoisotopic (exact) mass is 251 g/mol. The highest BCUT2D eigenvalue weighted by atomic mass is 16.1. The molecule has 94 valence electrons. The van der Waals surface area contributed by atoms with E-state index in [0.29, 0.717) is 11.1 Å². The number of rotatable bonds is 0. The maximum atomic E-state index is 12.2. The van der Waals surface area contributed by atoms with Crippen molar-refractivity contribution in [3.8, 4) is 0 Å². The minimum Gasteiger partial charge on any atom is -0.343 e. The third kappa shape index (κ3) is 1.83. The van der Waals surface area contributed by atoms with Crippen molar-refractivity contribution in [3.05, 3.63) is 59.7 Å². The number of hydrogen-bond acceptors (Lipinski definition) is 3. The topological polar surface area (TPSA) is 37.4 Å². The predicted molar refractivity (Wildman–Crippen MR) is 74.2 cm³/mol. The molecule has 19 heavy (non-hydrogen) atoms. The van der Waals surface area contributed by atoms with Crippen LogP contribution in [0.25, 0.3) is 0 Å². The van der Waals surface area contributed by atoms with Gasteiger partial charge in [0.15, 0.2) is 11.6 Å². The smallest absolute Gasteiger partial charge is 0.172 e. The first kappa shape index (κ1) is 11.7. The molecule has 2 aromatic carbocycles. The molecule has 1 aliphatic rings. The number of carbonyl (C=O) groups excluding carboxylic acids is 2. The minimum atomic E-state index is -0.123. The normalized spacial score (nSPS) is 14.5. The lowest BCUT2D eigenvalue weighted by atomic mass is 9.95. The van der Waals surface area contributed by atoms with Crippen molar-refractivity contribution < 1.29 is 9.59 Å². The second kappa shape index (κ2) is 4.35. The number of carbonyl (C=O) groups is 2. The fourth-order valence-electron chi connectivity index (χ4n) is 2.47. The fraction of sp³-hybridized carbons (Fsp3) is 0.125. The average molecular weight is 251 g/mol. The molecule has 3 rings (SSSR count). The van der Waals surface area contributed by atoms with Crippen LogP contribution in [0.5, 0.6) is 0 Å². The van der Waals surface area contributed by atoms with Crippen molar-refractivity contribution in [3.63, 3.8) is 0 Å². The standard InChI is InChI=1S/C16H13NO2/c1-17-13-8-4-2-6-11(13)15(18)10-16(19)12-7-3-5-9-14(12)17/h2-9H,10H2,1H3. The zero-order valence-corrected chi connectivity index (χ0v) is 10.6. The van der Waals surface area contributed by atoms with Gasteiger partial charge in [-0.1, -0.05) is 24.3 Å². The summed E-state index contributed by atoms with van der Waals surface area (Å²) in [6.07, 6.45) is -0.0676. The number of ketones is 2. The SMILES string of the molecule is CN1c2ccccc2C(=O)CC(=O)c2ccccc21. The van der Waals surface area contributed by atoms with E-state index in [0.717, 1.165) is 11.4 Å². The van der Waals surface area contributed by atoms with E-state index in [1.807, 2.05) is 48.3 Å². The Kier molecular flexibility index (Phi) is 2.67. The predicted octanol–water partition coefficient (Wildman–Crippen LogP) is 3.22. The van der Waals surface area contributed by atoms with Gasteiger partial charge in [-0.05, 0) is 24.3 Å². The maximum Gasteiger partial charge on any atom is 0.172 e. The Hall–Kier alpha value is -2.42. The van der Waals surface area contributed by atoms with Crippen molar-refractivity contribution >= 4 is 22.9 Å². The van der Waals surface area contributed by atoms with Crippen molar-refractivity contribution in [2.75, 3.05) is 11.9 Å². The lowest BCUT2D eigenvalue weighted by molar-refractivity contribution is 0.0894. The Morgan fingerprint density at radius 1 is 0.789 bits per heavy atom. The highest BCUT2D eigenvalue weighted by molar-refractivity contribution is 6.18. The molecule has 1 heterocycles. The first-order chi connectivity index (χ1) is 9.18. The fourth-order valence-corrected chi connectivity index (χ4v) is 2.47. The Labute approximate surface area is 111 Å². The molecule has 0 aromatic heterocycles. The molecular formula is C16H13NO2. The molecule has 3 nitrogen and oxygen atoms in total. The van der Waals surface area contributed by atoms with Gasteiger partial charge in [-0.2, -0.15) is 0 Å². The summed E-state index contributed by atoms with van der Waals surface area (Å²) in [5, 5.41) is 0. The van der Waals surface area contributed by atoms with E-state index in [-0.39, 0.29) is 18.0 Å². The van der Waals surface area contributed by atoms with Crippen LogP contribution in [0.1, 0.15) is 27.1 Å². The van der Waals surface area contributed by atoms with Crippen molar-refractivity contribution in [2.24, 2.45) is 0 Å². The summed E-state index contributed by atoms with van der Waals surface area (Å²) >= 11 is 0. The van der Waals surface area contributed by atoms with Crippen LogP contribution in [0.15, 0.2) is 48.5 Å². The molecule has 0 N–H and O–H groups in total. The first-order valence-electron chi connectivity index (χ1n) is 6.16. The van der Waals surface area contributed by atoms with E-state index in [9.17, 15) is 9.59 Å². The molecule has 0 aliphatic carbocycles. The van der Waals surface area contributed by atoms with Gasteiger partial charge in [0.1, 0.15) is 0 Å². The van der Waals surface area contributed by atoms with E-state index in [1.165, 1.54) is 0 Å². The molecule has 0 unspecified atom stereocenters. The molecule has 0 spiro atoms. The zero-order chi connectivity index (χ0) is 13.4. The van der Waals surface area contributed by atoms with E-state index in [2.05, 4.69) is 0 Å². The van der Waals surface area contributed by atoms with Gasteiger partial charge in [0.2, 0.25) is 0 Å². The molecule has 0 saturated carbocycles. The largest absolute Gasteiger partial charge is 0.343 e. The highest BCUT2D eigenvalue weighted by Crippen LogP contribution is 2.33. The van der Waals surface area contributed by atoms with Crippen LogP contribution in [0.4, 0.5) is 11.4 Å². The molecule has 0 fully saturated rings. The van der Waals surface area contributed by atoms with Crippen LogP contribution >= 0.6 is 0 Å². The molecule has 0 saturated heterocycles. The quantitative estimate of drug-likeness (QED) is 0.675. The van der Waals surface area contributed by atoms with Crippen LogP contribution in [0.3, 0.4) is 0 Å². The summed E-state index contributed by atoms with van der Waals surface area (Å²) in [4.78, 5) is 26.3. The number of benzene rings is 2. The summed E-state index contributed by atoms with van der Waals surface area (Å²) < 4.78 is 0. The third-order valence-electron chi connectivity index (χ3n) is 3.45. The average Bonchev–Trinajstić information content (AvgIpc) is 2.45. The van der Waals surface area contributed by atoms with Crippen LogP contribution < -0.4 is 4.90 Å². The number of nitrogens with zero attached hydrogens (tertiary/aromatic N) is 1. The number of para-hydroxylation sites is 2. The van der Waals surface area contributed by atoms with Crippen molar-refractivity contribution in [1.82, 2.24) is 0 Å². The minimum absolute atomic E-state index is 0.0676. The van der Waals surface area contributed by atoms with Gasteiger partial charge in [-0.15, -0.1) is 0 Å². The van der Waals surface area contributed by atoms with Gasteiger partial charge < -0.3 is 4.90 Å². The summed E-state index contributed by atoms with van der Waals surface area (Å²) in [6.45, 7) is 0. The molecular weight excluding hydrogens is 238 g/mol. The summed E-state index contributed by atoms with van der Waals surface area (Å²) in [5.41, 5.74) is 2.89. The molecule has 1 aliphatic heterocycles. The zero-order valence-electron chi connectivity index (χ0n) is 10.6. The van der Waals surface area contributed by atoms with E-state index < -0.39 is 0 Å². The summed E-state index contributed by atoms with van der Waals surface area (Å²) in [7, 11) is 1.88. The molecule has 0 radical (unpaired) electrons. The second-order valence-corrected chi connectivity index (χ2v) is 4.62. The van der Waals surface area contributed by atoms with Crippen LogP contribution in [0, 0.1) is 0 Å². The lowest BCUT2D eigenvalue weighted by Crippen LogP contribution is -2.22. The van der Waals surface area contributed by atoms with Crippen molar-refractivity contribution in [2.45, 2.75) is 6.42 Å². The summed E-state index contributed by atoms with van der Waals surface area (Å²) in [6, 6.07) is 14.8. The first-order valence-corrected chi connectivity index (χ1v) is 6.16. The maximum absolute atomic E-state index is 12.2. The summed E-state index contributed by atoms with van der Waals surface area (Å²) in [5.74, 6) is -0.246. The number of anilines is 2. The highest BCUT2D eigenvalue weighted by Gasteiger charge is 2.25. The van der Waals surface area contributed by atoms with Crippen LogP contribution in [-0.2, 0) is 0 Å². The Morgan fingerprint density at radius 3 is 1.68 bits per heavy atom. The molecule has 0 bridgehead atoms. The Bertz CT molecular complexity index is 618. The van der Waals surface area contributed by atoms with Crippen LogP contribution in [-0.4, -0.2) is 18.6 Å². The van der Waals surface area contributed by atoms with E-state index >= 15 is 0 Å². The molecule has 3 heteroatoms. The van der Waals surface area contributed by atoms with Gasteiger partial charge in [-0.3, -0.25) is 9.59 Å². The second-order valence-electron chi connectivity index (χ2n) is 4.62. The molecule has 2 aromatic rings. The number of fused-ring (bicyclic) bond motifs is 2. The Balaban J connectivity index is 2.27. The van der Waals surface area contributed by atoms with E-state index in [4.69, 9.17) is 0 Å². The van der Waals surface area contributed by atoms with Crippen LogP contribution in [0.2, 0.25) is 0 Å². The number of hydrogen-bond donors (Lipinski definition) is 0.